The number of hydrogen-bond donors (Lipinski definition) is 1. The van der Waals surface area contributed by atoms with Crippen molar-refractivity contribution in [3.63, 3.8) is 0 Å². The lowest BCUT2D eigenvalue weighted by molar-refractivity contribution is -0.122. The third kappa shape index (κ3) is 3.49. The van der Waals surface area contributed by atoms with Gasteiger partial charge in [-0.2, -0.15) is 0 Å². The van der Waals surface area contributed by atoms with Gasteiger partial charge in [-0.05, 0) is 35.9 Å². The van der Waals surface area contributed by atoms with Gasteiger partial charge in [-0.3, -0.25) is 9.69 Å². The van der Waals surface area contributed by atoms with Crippen LogP contribution in [0.5, 0.6) is 17.2 Å². The van der Waals surface area contributed by atoms with Crippen LogP contribution in [-0.4, -0.2) is 34.5 Å². The average Bonchev–Trinajstić information content (AvgIpc) is 3.20. The van der Waals surface area contributed by atoms with E-state index in [9.17, 15) is 9.90 Å². The molecule has 0 spiro atoms. The quantitative estimate of drug-likeness (QED) is 0.632. The first-order valence-electron chi connectivity index (χ1n) is 7.26. The van der Waals surface area contributed by atoms with E-state index in [2.05, 4.69) is 0 Å². The minimum atomic E-state index is -0.197. The summed E-state index contributed by atoms with van der Waals surface area (Å²) in [6.07, 6.45) is 3.24. The zero-order valence-electron chi connectivity index (χ0n) is 13.5. The highest BCUT2D eigenvalue weighted by Crippen LogP contribution is 2.39. The number of furan rings is 1. The number of phenols is 1. The maximum atomic E-state index is 12.6. The van der Waals surface area contributed by atoms with Crippen LogP contribution in [0.4, 0.5) is 0 Å². The molecule has 0 saturated carbocycles. The molecular weight excluding hydrogens is 362 g/mol. The number of carbonyl (C=O) groups excluding carboxylic acids is 1. The van der Waals surface area contributed by atoms with Crippen molar-refractivity contribution in [1.29, 1.82) is 0 Å². The molecule has 1 aromatic heterocycles. The molecule has 6 nitrogen and oxygen atoms in total. The second kappa shape index (κ2) is 7.20. The summed E-state index contributed by atoms with van der Waals surface area (Å²) in [6.45, 7) is 0.289. The normalized spacial score (nSPS) is 15.9. The first-order chi connectivity index (χ1) is 12.0. The molecule has 8 heteroatoms. The minimum Gasteiger partial charge on any atom is -0.502 e. The van der Waals surface area contributed by atoms with Crippen LogP contribution in [0.2, 0.25) is 0 Å². The Morgan fingerprint density at radius 3 is 2.56 bits per heavy atom. The number of benzene rings is 1. The summed E-state index contributed by atoms with van der Waals surface area (Å²) in [5.41, 5.74) is 0.657. The van der Waals surface area contributed by atoms with Crippen molar-refractivity contribution >= 4 is 40.3 Å². The van der Waals surface area contributed by atoms with Crippen LogP contribution in [0.25, 0.3) is 6.08 Å². The number of rotatable bonds is 5. The lowest BCUT2D eigenvalue weighted by Crippen LogP contribution is -2.27. The van der Waals surface area contributed by atoms with Gasteiger partial charge >= 0.3 is 0 Å². The van der Waals surface area contributed by atoms with Crippen molar-refractivity contribution in [3.8, 4) is 17.2 Å². The van der Waals surface area contributed by atoms with Gasteiger partial charge in [0.1, 0.15) is 10.1 Å². The largest absolute Gasteiger partial charge is 0.502 e. The fraction of sp³-hybridized carbons (Fsp3) is 0.176. The molecule has 1 aliphatic rings. The molecule has 130 valence electrons. The van der Waals surface area contributed by atoms with E-state index in [4.69, 9.17) is 26.1 Å². The maximum absolute atomic E-state index is 12.6. The summed E-state index contributed by atoms with van der Waals surface area (Å²) in [7, 11) is 2.89. The molecule has 25 heavy (non-hydrogen) atoms. The highest BCUT2D eigenvalue weighted by atomic mass is 32.2. The number of thioether (sulfide) groups is 1. The maximum Gasteiger partial charge on any atom is 0.266 e. The van der Waals surface area contributed by atoms with E-state index in [-0.39, 0.29) is 29.7 Å². The Morgan fingerprint density at radius 1 is 1.32 bits per heavy atom. The fourth-order valence-corrected chi connectivity index (χ4v) is 3.60. The van der Waals surface area contributed by atoms with Crippen LogP contribution in [0.1, 0.15) is 11.3 Å². The Morgan fingerprint density at radius 2 is 2.00 bits per heavy atom. The molecule has 3 rings (SSSR count). The molecule has 1 fully saturated rings. The first-order valence-corrected chi connectivity index (χ1v) is 8.48. The number of carbonyl (C=O) groups is 1. The number of phenolic OH excluding ortho intramolecular Hbond substituents is 1. The van der Waals surface area contributed by atoms with Gasteiger partial charge in [0.25, 0.3) is 5.91 Å². The van der Waals surface area contributed by atoms with Crippen LogP contribution in [-0.2, 0) is 11.3 Å². The van der Waals surface area contributed by atoms with Crippen molar-refractivity contribution in [2.45, 2.75) is 6.54 Å². The van der Waals surface area contributed by atoms with Crippen LogP contribution < -0.4 is 9.47 Å². The van der Waals surface area contributed by atoms with Crippen LogP contribution >= 0.6 is 24.0 Å². The molecule has 0 aliphatic carbocycles. The number of aromatic hydroxyl groups is 1. The molecule has 2 aromatic rings. The molecule has 1 aromatic carbocycles. The van der Waals surface area contributed by atoms with E-state index in [1.54, 1.807) is 36.6 Å². The summed E-state index contributed by atoms with van der Waals surface area (Å²) in [5, 5.41) is 9.97. The van der Waals surface area contributed by atoms with Gasteiger partial charge in [0.2, 0.25) is 5.75 Å². The molecule has 1 aliphatic heterocycles. The van der Waals surface area contributed by atoms with Crippen molar-refractivity contribution in [2.75, 3.05) is 14.2 Å². The van der Waals surface area contributed by atoms with Gasteiger partial charge in [0, 0.05) is 0 Å². The predicted octanol–water partition coefficient (Wildman–Crippen LogP) is 3.40. The topological polar surface area (TPSA) is 72.1 Å². The third-order valence-corrected chi connectivity index (χ3v) is 4.95. The Labute approximate surface area is 154 Å². The summed E-state index contributed by atoms with van der Waals surface area (Å²) < 4.78 is 16.0. The molecular formula is C17H15NO5S2. The molecule has 1 amide bonds. The molecule has 0 bridgehead atoms. The van der Waals surface area contributed by atoms with Crippen molar-refractivity contribution < 1.29 is 23.8 Å². The lowest BCUT2D eigenvalue weighted by Gasteiger charge is -2.12. The molecule has 0 radical (unpaired) electrons. The Hall–Kier alpha value is -2.45. The Balaban J connectivity index is 1.89. The smallest absolute Gasteiger partial charge is 0.266 e. The van der Waals surface area contributed by atoms with Crippen LogP contribution in [0.15, 0.2) is 39.9 Å². The standard InChI is InChI=1S/C17H15NO5S2/c1-21-12-6-10(7-13(22-2)15(12)19)8-14-16(20)18(17(24)25-14)9-11-4-3-5-23-11/h3-8,19H,9H2,1-2H3/b14-8+. The molecule has 1 N–H and O–H groups in total. The van der Waals surface area contributed by atoms with Crippen molar-refractivity contribution in [1.82, 2.24) is 4.90 Å². The predicted molar refractivity (Wildman–Crippen MR) is 98.6 cm³/mol. The summed E-state index contributed by atoms with van der Waals surface area (Å²) in [6, 6.07) is 6.80. The van der Waals surface area contributed by atoms with E-state index in [1.807, 2.05) is 0 Å². The number of ether oxygens (including phenoxy) is 2. The highest BCUT2D eigenvalue weighted by molar-refractivity contribution is 8.26. The zero-order valence-corrected chi connectivity index (χ0v) is 15.1. The summed E-state index contributed by atoms with van der Waals surface area (Å²) >= 11 is 6.51. The number of nitrogens with zero attached hydrogens (tertiary/aromatic N) is 1. The Kier molecular flexibility index (Phi) is 5.00. The Bertz CT molecular complexity index is 820. The van der Waals surface area contributed by atoms with Gasteiger partial charge in [-0.25, -0.2) is 0 Å². The molecule has 0 unspecified atom stereocenters. The first kappa shape index (κ1) is 17.4. The van der Waals surface area contributed by atoms with Gasteiger partial charge in [0.05, 0.1) is 31.9 Å². The second-order valence-electron chi connectivity index (χ2n) is 5.12. The van der Waals surface area contributed by atoms with E-state index in [0.717, 1.165) is 0 Å². The lowest BCUT2D eigenvalue weighted by atomic mass is 10.1. The second-order valence-corrected chi connectivity index (χ2v) is 6.80. The monoisotopic (exact) mass is 377 g/mol. The van der Waals surface area contributed by atoms with Crippen LogP contribution in [0, 0.1) is 0 Å². The van der Waals surface area contributed by atoms with E-state index in [0.29, 0.717) is 20.5 Å². The van der Waals surface area contributed by atoms with E-state index >= 15 is 0 Å². The van der Waals surface area contributed by atoms with Gasteiger partial charge < -0.3 is 19.0 Å². The molecule has 0 atom stereocenters. The molecule has 2 heterocycles. The highest BCUT2D eigenvalue weighted by Gasteiger charge is 2.32. The number of thiocarbonyl (C=S) groups is 1. The summed E-state index contributed by atoms with van der Waals surface area (Å²) in [4.78, 5) is 14.6. The molecule has 1 saturated heterocycles. The minimum absolute atomic E-state index is 0.0903. The van der Waals surface area contributed by atoms with Crippen molar-refractivity contribution in [2.24, 2.45) is 0 Å². The number of methoxy groups -OCH3 is 2. The number of hydrogen-bond acceptors (Lipinski definition) is 7. The van der Waals surface area contributed by atoms with Crippen molar-refractivity contribution in [3.05, 3.63) is 46.8 Å². The van der Waals surface area contributed by atoms with E-state index in [1.165, 1.54) is 30.9 Å². The fourth-order valence-electron chi connectivity index (χ4n) is 2.34. The van der Waals surface area contributed by atoms with Gasteiger partial charge in [-0.1, -0.05) is 24.0 Å². The number of amides is 1. The van der Waals surface area contributed by atoms with Crippen LogP contribution in [0.3, 0.4) is 0 Å². The van der Waals surface area contributed by atoms with E-state index < -0.39 is 0 Å². The zero-order chi connectivity index (χ0) is 18.0. The average molecular weight is 377 g/mol. The van der Waals surface area contributed by atoms with Gasteiger partial charge in [-0.15, -0.1) is 0 Å². The third-order valence-electron chi connectivity index (χ3n) is 3.57. The SMILES string of the molecule is COc1cc(/C=C2/SC(=S)N(Cc3ccco3)C2=O)cc(OC)c1O. The summed E-state index contributed by atoms with van der Waals surface area (Å²) in [5.74, 6) is 0.892. The van der Waals surface area contributed by atoms with Gasteiger partial charge in [0.15, 0.2) is 11.5 Å².